The van der Waals surface area contributed by atoms with Crippen molar-refractivity contribution in [1.82, 2.24) is 19.7 Å². The van der Waals surface area contributed by atoms with Crippen molar-refractivity contribution >= 4 is 34.9 Å². The van der Waals surface area contributed by atoms with Crippen LogP contribution in [0.15, 0.2) is 46.9 Å². The Morgan fingerprint density at radius 2 is 2.03 bits per heavy atom. The van der Waals surface area contributed by atoms with E-state index in [-0.39, 0.29) is 11.8 Å². The smallest absolute Gasteiger partial charge is 0.260 e. The van der Waals surface area contributed by atoms with Crippen molar-refractivity contribution in [3.63, 3.8) is 0 Å². The fraction of sp³-hybridized carbons (Fsp3) is 0.333. The van der Waals surface area contributed by atoms with Crippen LogP contribution in [0.5, 0.6) is 0 Å². The van der Waals surface area contributed by atoms with Crippen molar-refractivity contribution in [3.05, 3.63) is 53.2 Å². The number of imide groups is 1. The monoisotopic (exact) mass is 444 g/mol. The van der Waals surface area contributed by atoms with Crippen molar-refractivity contribution in [2.24, 2.45) is 0 Å². The molecule has 1 aliphatic rings. The highest BCUT2D eigenvalue weighted by Crippen LogP contribution is 2.33. The molecule has 1 aromatic carbocycles. The van der Waals surface area contributed by atoms with Crippen LogP contribution in [-0.2, 0) is 11.3 Å². The van der Waals surface area contributed by atoms with E-state index in [0.717, 1.165) is 23.5 Å². The van der Waals surface area contributed by atoms with Gasteiger partial charge in [0, 0.05) is 18.7 Å². The minimum absolute atomic E-state index is 0.227. The van der Waals surface area contributed by atoms with E-state index in [0.29, 0.717) is 30.2 Å². The van der Waals surface area contributed by atoms with Gasteiger partial charge in [-0.1, -0.05) is 24.2 Å². The van der Waals surface area contributed by atoms with Crippen molar-refractivity contribution in [2.75, 3.05) is 6.54 Å². The van der Waals surface area contributed by atoms with Gasteiger partial charge >= 0.3 is 0 Å². The fourth-order valence-electron chi connectivity index (χ4n) is 3.44. The van der Waals surface area contributed by atoms with Crippen LogP contribution in [0.4, 0.5) is 4.39 Å². The molecular formula is C21H21FN4O2S2. The molecule has 6 nitrogen and oxygen atoms in total. The molecule has 1 aliphatic heterocycles. The minimum Gasteiger partial charge on any atom is -0.302 e. The molecule has 0 radical (unpaired) electrons. The molecule has 30 heavy (non-hydrogen) atoms. The summed E-state index contributed by atoms with van der Waals surface area (Å²) in [5.41, 5.74) is 0.312. The first-order chi connectivity index (χ1) is 14.6. The lowest BCUT2D eigenvalue weighted by molar-refractivity contribution is -0.127. The number of likely N-dealkylation sites (tertiary alicyclic amines) is 1. The van der Waals surface area contributed by atoms with Gasteiger partial charge in [0.15, 0.2) is 11.0 Å². The molecule has 3 aromatic rings. The first-order valence-electron chi connectivity index (χ1n) is 9.83. The van der Waals surface area contributed by atoms with Gasteiger partial charge in [-0.3, -0.25) is 14.5 Å². The van der Waals surface area contributed by atoms with Crippen LogP contribution in [0.25, 0.3) is 10.7 Å². The summed E-state index contributed by atoms with van der Waals surface area (Å²) in [6.07, 6.45) is 2.26. The summed E-state index contributed by atoms with van der Waals surface area (Å²) in [5, 5.41) is 10.9. The molecule has 0 saturated carbocycles. The second-order valence-electron chi connectivity index (χ2n) is 6.93. The predicted molar refractivity (Wildman–Crippen MR) is 115 cm³/mol. The maximum absolute atomic E-state index is 13.2. The fourth-order valence-corrected chi connectivity index (χ4v) is 5.36. The molecule has 4 rings (SSSR count). The molecule has 1 unspecified atom stereocenters. The number of halogens is 1. The molecule has 2 aromatic heterocycles. The van der Waals surface area contributed by atoms with Gasteiger partial charge in [-0.05, 0) is 55.5 Å². The second kappa shape index (κ2) is 9.09. The number of nitrogens with zero attached hydrogens (tertiary/aromatic N) is 4. The number of thiophene rings is 1. The summed E-state index contributed by atoms with van der Waals surface area (Å²) in [5.74, 6) is -0.239. The van der Waals surface area contributed by atoms with Gasteiger partial charge in [0.25, 0.3) is 5.91 Å². The number of thioether (sulfide) groups is 1. The first-order valence-corrected chi connectivity index (χ1v) is 11.6. The minimum atomic E-state index is -0.414. The Kier molecular flexibility index (Phi) is 6.29. The highest BCUT2D eigenvalue weighted by molar-refractivity contribution is 8.00. The van der Waals surface area contributed by atoms with E-state index in [9.17, 15) is 14.0 Å². The van der Waals surface area contributed by atoms with Gasteiger partial charge in [-0.25, -0.2) is 4.39 Å². The van der Waals surface area contributed by atoms with Crippen LogP contribution in [-0.4, -0.2) is 43.3 Å². The Labute approximate surface area is 182 Å². The van der Waals surface area contributed by atoms with E-state index in [4.69, 9.17) is 0 Å². The van der Waals surface area contributed by atoms with E-state index in [2.05, 4.69) is 10.2 Å². The van der Waals surface area contributed by atoms with Crippen LogP contribution in [0, 0.1) is 5.82 Å². The third-order valence-electron chi connectivity index (χ3n) is 5.00. The Morgan fingerprint density at radius 1 is 1.23 bits per heavy atom. The lowest BCUT2D eigenvalue weighted by Gasteiger charge is -2.22. The van der Waals surface area contributed by atoms with Gasteiger partial charge in [-0.15, -0.1) is 21.5 Å². The van der Waals surface area contributed by atoms with E-state index < -0.39 is 11.1 Å². The molecule has 2 amide bonds. The number of rotatable bonds is 5. The lowest BCUT2D eigenvalue weighted by atomic mass is 10.2. The van der Waals surface area contributed by atoms with Crippen LogP contribution in [0.1, 0.15) is 36.5 Å². The third kappa shape index (κ3) is 4.17. The Morgan fingerprint density at radius 3 is 2.73 bits per heavy atom. The number of amides is 2. The largest absolute Gasteiger partial charge is 0.302 e. The van der Waals surface area contributed by atoms with Crippen molar-refractivity contribution in [2.45, 2.75) is 43.1 Å². The topological polar surface area (TPSA) is 68.1 Å². The SMILES string of the molecule is CCn1c(SC2CCCCN(C(=O)c3ccc(F)cc3)C2=O)nnc1-c1cccs1. The number of carbonyl (C=O) groups is 2. The zero-order chi connectivity index (χ0) is 21.1. The van der Waals surface area contributed by atoms with E-state index in [1.165, 1.54) is 40.9 Å². The number of hydrogen-bond donors (Lipinski definition) is 0. The quantitative estimate of drug-likeness (QED) is 0.543. The lowest BCUT2D eigenvalue weighted by Crippen LogP contribution is -2.41. The molecule has 0 bridgehead atoms. The zero-order valence-electron chi connectivity index (χ0n) is 16.5. The Hall–Kier alpha value is -2.52. The van der Waals surface area contributed by atoms with Crippen LogP contribution in [0.2, 0.25) is 0 Å². The summed E-state index contributed by atoms with van der Waals surface area (Å²) in [6.45, 7) is 3.07. The van der Waals surface area contributed by atoms with E-state index in [1.54, 1.807) is 11.3 Å². The Balaban J connectivity index is 1.56. The van der Waals surface area contributed by atoms with Crippen LogP contribution < -0.4 is 0 Å². The molecule has 156 valence electrons. The highest BCUT2D eigenvalue weighted by atomic mass is 32.2. The first kappa shape index (κ1) is 20.7. The summed E-state index contributed by atoms with van der Waals surface area (Å²) < 4.78 is 15.2. The van der Waals surface area contributed by atoms with Crippen LogP contribution in [0.3, 0.4) is 0 Å². The summed E-state index contributed by atoms with van der Waals surface area (Å²) in [6, 6.07) is 9.26. The second-order valence-corrected chi connectivity index (χ2v) is 9.05. The molecule has 0 spiro atoms. The number of aromatic nitrogens is 3. The molecule has 1 saturated heterocycles. The van der Waals surface area contributed by atoms with E-state index in [1.807, 2.05) is 29.0 Å². The summed E-state index contributed by atoms with van der Waals surface area (Å²) >= 11 is 2.96. The highest BCUT2D eigenvalue weighted by Gasteiger charge is 2.33. The average molecular weight is 445 g/mol. The number of benzene rings is 1. The van der Waals surface area contributed by atoms with Gasteiger partial charge in [0.2, 0.25) is 5.91 Å². The Bertz CT molecular complexity index is 1030. The maximum atomic E-state index is 13.2. The summed E-state index contributed by atoms with van der Waals surface area (Å²) in [4.78, 5) is 28.4. The van der Waals surface area contributed by atoms with Gasteiger partial charge in [0.1, 0.15) is 5.82 Å². The van der Waals surface area contributed by atoms with Gasteiger partial charge < -0.3 is 4.57 Å². The predicted octanol–water partition coefficient (Wildman–Crippen LogP) is 4.48. The normalized spacial score (nSPS) is 17.2. The van der Waals surface area contributed by atoms with Gasteiger partial charge in [-0.2, -0.15) is 0 Å². The standard InChI is InChI=1S/C21H21FN4O2S2/c1-2-25-18(16-7-5-13-29-16)23-24-21(25)30-17-6-3-4-12-26(20(17)28)19(27)14-8-10-15(22)11-9-14/h5,7-11,13,17H,2-4,6,12H2,1H3. The van der Waals surface area contributed by atoms with E-state index >= 15 is 0 Å². The number of hydrogen-bond acceptors (Lipinski definition) is 6. The molecular weight excluding hydrogens is 423 g/mol. The number of carbonyl (C=O) groups excluding carboxylic acids is 2. The summed E-state index contributed by atoms with van der Waals surface area (Å²) in [7, 11) is 0. The molecule has 1 fully saturated rings. The third-order valence-corrected chi connectivity index (χ3v) is 7.10. The molecule has 0 N–H and O–H groups in total. The van der Waals surface area contributed by atoms with Crippen molar-refractivity contribution < 1.29 is 14.0 Å². The average Bonchev–Trinajstić information content (AvgIpc) is 3.38. The van der Waals surface area contributed by atoms with Gasteiger partial charge in [0.05, 0.1) is 10.1 Å². The maximum Gasteiger partial charge on any atom is 0.260 e. The van der Waals surface area contributed by atoms with Crippen LogP contribution >= 0.6 is 23.1 Å². The van der Waals surface area contributed by atoms with Crippen molar-refractivity contribution in [3.8, 4) is 10.7 Å². The molecule has 9 heteroatoms. The van der Waals surface area contributed by atoms with Crippen molar-refractivity contribution in [1.29, 1.82) is 0 Å². The molecule has 1 atom stereocenters. The molecule has 0 aliphatic carbocycles. The molecule has 3 heterocycles. The zero-order valence-corrected chi connectivity index (χ0v) is 18.1.